The summed E-state index contributed by atoms with van der Waals surface area (Å²) < 4.78 is 0. The van der Waals surface area contributed by atoms with Gasteiger partial charge in [-0.3, -0.25) is 0 Å². The van der Waals surface area contributed by atoms with E-state index in [1.807, 2.05) is 18.3 Å². The van der Waals surface area contributed by atoms with Crippen LogP contribution < -0.4 is 11.1 Å². The second-order valence-corrected chi connectivity index (χ2v) is 3.09. The maximum Gasteiger partial charge on any atom is 0.123 e. The molecule has 0 amide bonds. The molecule has 3 nitrogen and oxygen atoms in total. The van der Waals surface area contributed by atoms with Gasteiger partial charge in [0, 0.05) is 6.20 Å². The van der Waals surface area contributed by atoms with Crippen LogP contribution in [-0.2, 0) is 6.42 Å². The van der Waals surface area contributed by atoms with Gasteiger partial charge in [0.2, 0.25) is 0 Å². The van der Waals surface area contributed by atoms with Crippen LogP contribution in [0, 0.1) is 0 Å². The van der Waals surface area contributed by atoms with Gasteiger partial charge in [-0.15, -0.1) is 0 Å². The van der Waals surface area contributed by atoms with Crippen molar-refractivity contribution in [2.45, 2.75) is 19.8 Å². The van der Waals surface area contributed by atoms with Crippen molar-refractivity contribution in [3.63, 3.8) is 0 Å². The van der Waals surface area contributed by atoms with Crippen LogP contribution in [0.1, 0.15) is 18.9 Å². The summed E-state index contributed by atoms with van der Waals surface area (Å²) in [5, 5.41) is 3.34. The van der Waals surface area contributed by atoms with Gasteiger partial charge in [0.1, 0.15) is 5.82 Å². The van der Waals surface area contributed by atoms with Crippen molar-refractivity contribution in [3.05, 3.63) is 23.9 Å². The number of nitrogens with zero attached hydrogens (tertiary/aromatic N) is 1. The Balaban J connectivity index is 2.25. The Morgan fingerprint density at radius 3 is 2.85 bits per heavy atom. The number of nitrogens with one attached hydrogen (secondary N) is 1. The molecule has 0 atom stereocenters. The van der Waals surface area contributed by atoms with E-state index >= 15 is 0 Å². The summed E-state index contributed by atoms with van der Waals surface area (Å²) in [6, 6.07) is 3.87. The number of anilines is 1. The molecule has 3 N–H and O–H groups in total. The third kappa shape index (κ3) is 3.90. The second-order valence-electron chi connectivity index (χ2n) is 3.09. The lowest BCUT2D eigenvalue weighted by molar-refractivity contribution is 0.670. The Hall–Kier alpha value is -1.09. The largest absolute Gasteiger partial charge is 0.384 e. The molecule has 1 aromatic rings. The molecule has 1 aromatic heterocycles. The Kier molecular flexibility index (Phi) is 4.26. The first kappa shape index (κ1) is 9.99. The van der Waals surface area contributed by atoms with Gasteiger partial charge in [-0.25, -0.2) is 4.98 Å². The SMILES string of the molecule is CCCNCCc1ccc(N)nc1. The number of rotatable bonds is 5. The number of nitrogen functional groups attached to an aromatic ring is 1. The van der Waals surface area contributed by atoms with Crippen molar-refractivity contribution < 1.29 is 0 Å². The van der Waals surface area contributed by atoms with Crippen molar-refractivity contribution >= 4 is 5.82 Å². The summed E-state index contributed by atoms with van der Waals surface area (Å²) in [6.07, 6.45) is 4.04. The maximum atomic E-state index is 5.48. The predicted octanol–water partition coefficient (Wildman–Crippen LogP) is 1.21. The Labute approximate surface area is 79.4 Å². The number of hydrogen-bond acceptors (Lipinski definition) is 3. The normalized spacial score (nSPS) is 10.2. The maximum absolute atomic E-state index is 5.48. The zero-order chi connectivity index (χ0) is 9.52. The average molecular weight is 179 g/mol. The van der Waals surface area contributed by atoms with Gasteiger partial charge in [0.15, 0.2) is 0 Å². The van der Waals surface area contributed by atoms with Gasteiger partial charge in [0.05, 0.1) is 0 Å². The molecule has 0 aliphatic rings. The fraction of sp³-hybridized carbons (Fsp3) is 0.500. The van der Waals surface area contributed by atoms with Gasteiger partial charge in [-0.1, -0.05) is 13.0 Å². The highest BCUT2D eigenvalue weighted by molar-refractivity contribution is 5.29. The topological polar surface area (TPSA) is 50.9 Å². The highest BCUT2D eigenvalue weighted by atomic mass is 14.8. The van der Waals surface area contributed by atoms with Crippen molar-refractivity contribution in [2.24, 2.45) is 0 Å². The summed E-state index contributed by atoms with van der Waals surface area (Å²) in [7, 11) is 0. The van der Waals surface area contributed by atoms with Crippen LogP contribution in [0.4, 0.5) is 5.82 Å². The quantitative estimate of drug-likeness (QED) is 0.668. The van der Waals surface area contributed by atoms with Crippen LogP contribution in [0.3, 0.4) is 0 Å². The van der Waals surface area contributed by atoms with Gasteiger partial charge in [-0.2, -0.15) is 0 Å². The molecule has 0 bridgehead atoms. The molecule has 13 heavy (non-hydrogen) atoms. The Morgan fingerprint density at radius 2 is 2.23 bits per heavy atom. The van der Waals surface area contributed by atoms with E-state index < -0.39 is 0 Å². The van der Waals surface area contributed by atoms with Gasteiger partial charge in [-0.05, 0) is 37.6 Å². The fourth-order valence-electron chi connectivity index (χ4n) is 1.12. The first-order chi connectivity index (χ1) is 6.33. The van der Waals surface area contributed by atoms with Crippen LogP contribution in [0.15, 0.2) is 18.3 Å². The average Bonchev–Trinajstić information content (AvgIpc) is 2.15. The predicted molar refractivity (Wildman–Crippen MR) is 55.5 cm³/mol. The number of nitrogens with two attached hydrogens (primary N) is 1. The molecule has 0 saturated carbocycles. The summed E-state index contributed by atoms with van der Waals surface area (Å²) in [5.74, 6) is 0.588. The number of aromatic nitrogens is 1. The van der Waals surface area contributed by atoms with E-state index in [1.54, 1.807) is 0 Å². The first-order valence-corrected chi connectivity index (χ1v) is 4.74. The van der Waals surface area contributed by atoms with Gasteiger partial charge >= 0.3 is 0 Å². The highest BCUT2D eigenvalue weighted by Crippen LogP contribution is 2.00. The first-order valence-electron chi connectivity index (χ1n) is 4.74. The minimum Gasteiger partial charge on any atom is -0.384 e. The molecule has 72 valence electrons. The fourth-order valence-corrected chi connectivity index (χ4v) is 1.12. The van der Waals surface area contributed by atoms with E-state index in [-0.39, 0.29) is 0 Å². The standard InChI is InChI=1S/C10H17N3/c1-2-6-12-7-5-9-3-4-10(11)13-8-9/h3-4,8,12H,2,5-7H2,1H3,(H2,11,13). The van der Waals surface area contributed by atoms with Crippen LogP contribution in [0.25, 0.3) is 0 Å². The molecule has 1 rings (SSSR count). The smallest absolute Gasteiger partial charge is 0.123 e. The molecule has 0 radical (unpaired) electrons. The van der Waals surface area contributed by atoms with E-state index in [0.717, 1.165) is 19.5 Å². The lowest BCUT2D eigenvalue weighted by Crippen LogP contribution is -2.17. The molecular formula is C10H17N3. The molecule has 0 fully saturated rings. The second kappa shape index (κ2) is 5.54. The lowest BCUT2D eigenvalue weighted by Gasteiger charge is -2.02. The number of pyridine rings is 1. The minimum atomic E-state index is 0.588. The van der Waals surface area contributed by atoms with Crippen molar-refractivity contribution in [2.75, 3.05) is 18.8 Å². The van der Waals surface area contributed by atoms with Crippen molar-refractivity contribution in [1.29, 1.82) is 0 Å². The van der Waals surface area contributed by atoms with Crippen molar-refractivity contribution in [3.8, 4) is 0 Å². The van der Waals surface area contributed by atoms with E-state index in [4.69, 9.17) is 5.73 Å². The molecule has 1 heterocycles. The lowest BCUT2D eigenvalue weighted by atomic mass is 10.2. The van der Waals surface area contributed by atoms with Crippen LogP contribution >= 0.6 is 0 Å². The summed E-state index contributed by atoms with van der Waals surface area (Å²) >= 11 is 0. The highest BCUT2D eigenvalue weighted by Gasteiger charge is 1.92. The van der Waals surface area contributed by atoms with Crippen LogP contribution in [0.2, 0.25) is 0 Å². The molecule has 3 heteroatoms. The van der Waals surface area contributed by atoms with Crippen LogP contribution in [-0.4, -0.2) is 18.1 Å². The third-order valence-corrected chi connectivity index (χ3v) is 1.86. The van der Waals surface area contributed by atoms with E-state index in [9.17, 15) is 0 Å². The van der Waals surface area contributed by atoms with Gasteiger partial charge in [0.25, 0.3) is 0 Å². The molecule has 0 saturated heterocycles. The van der Waals surface area contributed by atoms with E-state index in [2.05, 4.69) is 17.2 Å². The summed E-state index contributed by atoms with van der Waals surface area (Å²) in [4.78, 5) is 4.03. The molecule has 0 spiro atoms. The Bertz CT molecular complexity index is 230. The monoisotopic (exact) mass is 179 g/mol. The van der Waals surface area contributed by atoms with Crippen LogP contribution in [0.5, 0.6) is 0 Å². The zero-order valence-electron chi connectivity index (χ0n) is 8.09. The summed E-state index contributed by atoms with van der Waals surface area (Å²) in [5.41, 5.74) is 6.71. The van der Waals surface area contributed by atoms with Crippen molar-refractivity contribution in [1.82, 2.24) is 10.3 Å². The van der Waals surface area contributed by atoms with E-state index in [1.165, 1.54) is 12.0 Å². The number of hydrogen-bond donors (Lipinski definition) is 2. The molecule has 0 aliphatic heterocycles. The zero-order valence-corrected chi connectivity index (χ0v) is 8.09. The van der Waals surface area contributed by atoms with E-state index in [0.29, 0.717) is 5.82 Å². The minimum absolute atomic E-state index is 0.588. The van der Waals surface area contributed by atoms with Gasteiger partial charge < -0.3 is 11.1 Å². The summed E-state index contributed by atoms with van der Waals surface area (Å²) in [6.45, 7) is 4.26. The third-order valence-electron chi connectivity index (χ3n) is 1.86. The Morgan fingerprint density at radius 1 is 1.38 bits per heavy atom. The molecule has 0 aromatic carbocycles. The molecular weight excluding hydrogens is 162 g/mol. The molecule has 0 unspecified atom stereocenters. The molecule has 0 aliphatic carbocycles.